The monoisotopic (exact) mass is 296 g/mol. The number of carbonyl (C=O) groups is 1. The number of carbonyl (C=O) groups excluding carboxylic acids is 1. The molecule has 22 heavy (non-hydrogen) atoms. The normalized spacial score (nSPS) is 20.3. The van der Waals surface area contributed by atoms with Gasteiger partial charge in [0.15, 0.2) is 0 Å². The van der Waals surface area contributed by atoms with E-state index in [0.717, 1.165) is 66.4 Å². The molecule has 1 aromatic carbocycles. The maximum atomic E-state index is 12.8. The number of amides is 1. The van der Waals surface area contributed by atoms with Crippen LogP contribution < -0.4 is 5.32 Å². The molecule has 4 rings (SSSR count). The lowest BCUT2D eigenvalue weighted by Gasteiger charge is -2.14. The van der Waals surface area contributed by atoms with E-state index in [1.807, 2.05) is 24.3 Å². The Morgan fingerprint density at radius 3 is 3.05 bits per heavy atom. The fourth-order valence-electron chi connectivity index (χ4n) is 3.57. The lowest BCUT2D eigenvalue weighted by atomic mass is 10.0. The lowest BCUT2D eigenvalue weighted by Crippen LogP contribution is -2.32. The largest absolute Gasteiger partial charge is 0.376 e. The molecular formula is C18H20N2O2. The summed E-state index contributed by atoms with van der Waals surface area (Å²) in [5.41, 5.74) is 3.99. The number of nitrogens with one attached hydrogen (secondary N) is 1. The van der Waals surface area contributed by atoms with Crippen LogP contribution in [-0.4, -0.2) is 30.1 Å². The summed E-state index contributed by atoms with van der Waals surface area (Å²) < 4.78 is 5.59. The van der Waals surface area contributed by atoms with Crippen molar-refractivity contribution in [3.8, 4) is 0 Å². The highest BCUT2D eigenvalue weighted by Crippen LogP contribution is 2.29. The Morgan fingerprint density at radius 2 is 2.18 bits per heavy atom. The average Bonchev–Trinajstić information content (AvgIpc) is 3.21. The summed E-state index contributed by atoms with van der Waals surface area (Å²) in [5, 5.41) is 4.04. The minimum Gasteiger partial charge on any atom is -0.376 e. The van der Waals surface area contributed by atoms with Crippen molar-refractivity contribution < 1.29 is 9.53 Å². The van der Waals surface area contributed by atoms with E-state index in [4.69, 9.17) is 9.72 Å². The van der Waals surface area contributed by atoms with Gasteiger partial charge in [0.25, 0.3) is 5.91 Å². The summed E-state index contributed by atoms with van der Waals surface area (Å²) in [4.78, 5) is 17.5. The van der Waals surface area contributed by atoms with Crippen LogP contribution in [0.5, 0.6) is 0 Å². The molecule has 1 fully saturated rings. The number of nitrogens with zero attached hydrogens (tertiary/aromatic N) is 1. The molecule has 2 aromatic rings. The fraction of sp³-hybridized carbons (Fsp3) is 0.444. The Balaban J connectivity index is 1.68. The number of aromatic nitrogens is 1. The molecule has 1 aliphatic heterocycles. The van der Waals surface area contributed by atoms with Crippen molar-refractivity contribution in [3.05, 3.63) is 41.1 Å². The van der Waals surface area contributed by atoms with Crippen molar-refractivity contribution >= 4 is 16.8 Å². The Hall–Kier alpha value is -1.94. The molecule has 2 aliphatic rings. The molecule has 4 nitrogen and oxygen atoms in total. The fourth-order valence-corrected chi connectivity index (χ4v) is 3.57. The van der Waals surface area contributed by atoms with Crippen LogP contribution in [0.15, 0.2) is 24.3 Å². The van der Waals surface area contributed by atoms with Gasteiger partial charge in [0.2, 0.25) is 0 Å². The minimum absolute atomic E-state index is 0.0206. The smallest absolute Gasteiger partial charge is 0.252 e. The van der Waals surface area contributed by atoms with Crippen LogP contribution in [0.3, 0.4) is 0 Å². The second-order valence-corrected chi connectivity index (χ2v) is 6.13. The first-order valence-corrected chi connectivity index (χ1v) is 8.13. The molecule has 1 amide bonds. The van der Waals surface area contributed by atoms with Crippen LogP contribution in [0.2, 0.25) is 0 Å². The van der Waals surface area contributed by atoms with E-state index >= 15 is 0 Å². The van der Waals surface area contributed by atoms with Crippen LogP contribution in [-0.2, 0) is 17.6 Å². The van der Waals surface area contributed by atoms with Crippen LogP contribution in [0, 0.1) is 0 Å². The van der Waals surface area contributed by atoms with E-state index in [1.165, 1.54) is 0 Å². The zero-order valence-corrected chi connectivity index (χ0v) is 12.6. The van der Waals surface area contributed by atoms with E-state index in [1.54, 1.807) is 0 Å². The van der Waals surface area contributed by atoms with Gasteiger partial charge in [0, 0.05) is 24.2 Å². The van der Waals surface area contributed by atoms with Gasteiger partial charge in [-0.15, -0.1) is 0 Å². The molecule has 0 bridgehead atoms. The third-order valence-electron chi connectivity index (χ3n) is 4.66. The zero-order valence-electron chi connectivity index (χ0n) is 12.6. The standard InChI is InChI=1S/C18H20N2O2/c21-18(19-11-12-5-4-10-22-12)17-13-6-1-2-8-15(13)20-16-9-3-7-14(16)17/h1-2,6,8,12H,3-5,7,9-11H2,(H,19,21). The quantitative estimate of drug-likeness (QED) is 0.947. The third-order valence-corrected chi connectivity index (χ3v) is 4.66. The second-order valence-electron chi connectivity index (χ2n) is 6.13. The first-order chi connectivity index (χ1) is 10.8. The van der Waals surface area contributed by atoms with Gasteiger partial charge in [-0.25, -0.2) is 0 Å². The number of para-hydroxylation sites is 1. The molecule has 4 heteroatoms. The summed E-state index contributed by atoms with van der Waals surface area (Å²) in [5.74, 6) is 0.0206. The summed E-state index contributed by atoms with van der Waals surface area (Å²) in [6.45, 7) is 1.42. The summed E-state index contributed by atoms with van der Waals surface area (Å²) in [7, 11) is 0. The van der Waals surface area contributed by atoms with E-state index in [0.29, 0.717) is 6.54 Å². The highest BCUT2D eigenvalue weighted by atomic mass is 16.5. The minimum atomic E-state index is 0.0206. The Bertz CT molecular complexity index is 720. The Labute approximate surface area is 129 Å². The highest BCUT2D eigenvalue weighted by Gasteiger charge is 2.24. The molecular weight excluding hydrogens is 276 g/mol. The third kappa shape index (κ3) is 2.37. The van der Waals surface area contributed by atoms with Gasteiger partial charge in [0.1, 0.15) is 0 Å². The van der Waals surface area contributed by atoms with E-state index < -0.39 is 0 Å². The van der Waals surface area contributed by atoms with E-state index in [2.05, 4.69) is 5.32 Å². The number of ether oxygens (including phenoxy) is 1. The van der Waals surface area contributed by atoms with Crippen molar-refractivity contribution in [2.45, 2.75) is 38.2 Å². The predicted octanol–water partition coefficient (Wildman–Crippen LogP) is 2.63. The maximum Gasteiger partial charge on any atom is 0.252 e. The van der Waals surface area contributed by atoms with E-state index in [9.17, 15) is 4.79 Å². The number of benzene rings is 1. The van der Waals surface area contributed by atoms with Crippen molar-refractivity contribution in [1.29, 1.82) is 0 Å². The molecule has 1 N–H and O–H groups in total. The van der Waals surface area contributed by atoms with Gasteiger partial charge in [-0.05, 0) is 43.7 Å². The number of pyridine rings is 1. The van der Waals surface area contributed by atoms with Crippen molar-refractivity contribution in [3.63, 3.8) is 0 Å². The topological polar surface area (TPSA) is 51.2 Å². The number of rotatable bonds is 3. The summed E-state index contributed by atoms with van der Waals surface area (Å²) in [6, 6.07) is 7.94. The van der Waals surface area contributed by atoms with Gasteiger partial charge >= 0.3 is 0 Å². The van der Waals surface area contributed by atoms with E-state index in [-0.39, 0.29) is 12.0 Å². The Morgan fingerprint density at radius 1 is 1.27 bits per heavy atom. The Kier molecular flexibility index (Phi) is 3.54. The van der Waals surface area contributed by atoms with Crippen LogP contribution in [0.1, 0.15) is 40.9 Å². The second kappa shape index (κ2) is 5.69. The summed E-state index contributed by atoms with van der Waals surface area (Å²) >= 11 is 0. The van der Waals surface area contributed by atoms with Crippen LogP contribution >= 0.6 is 0 Å². The maximum absolute atomic E-state index is 12.8. The van der Waals surface area contributed by atoms with Crippen molar-refractivity contribution in [1.82, 2.24) is 10.3 Å². The molecule has 2 heterocycles. The highest BCUT2D eigenvalue weighted by molar-refractivity contribution is 6.07. The molecule has 0 spiro atoms. The van der Waals surface area contributed by atoms with Gasteiger partial charge in [-0.3, -0.25) is 9.78 Å². The number of hydrogen-bond acceptors (Lipinski definition) is 3. The van der Waals surface area contributed by atoms with Crippen molar-refractivity contribution in [2.24, 2.45) is 0 Å². The molecule has 1 aromatic heterocycles. The molecule has 1 aliphatic carbocycles. The summed E-state index contributed by atoms with van der Waals surface area (Å²) in [6.07, 6.45) is 5.32. The van der Waals surface area contributed by atoms with Crippen LogP contribution in [0.4, 0.5) is 0 Å². The average molecular weight is 296 g/mol. The van der Waals surface area contributed by atoms with Crippen molar-refractivity contribution in [2.75, 3.05) is 13.2 Å². The molecule has 1 unspecified atom stereocenters. The lowest BCUT2D eigenvalue weighted by molar-refractivity contribution is 0.0858. The SMILES string of the molecule is O=C(NCC1CCCO1)c1c2c(nc3ccccc13)CCC2. The first-order valence-electron chi connectivity index (χ1n) is 8.13. The number of aryl methyl sites for hydroxylation is 1. The molecule has 0 saturated carbocycles. The van der Waals surface area contributed by atoms with Gasteiger partial charge < -0.3 is 10.1 Å². The predicted molar refractivity (Wildman–Crippen MR) is 85.1 cm³/mol. The van der Waals surface area contributed by atoms with Gasteiger partial charge in [-0.2, -0.15) is 0 Å². The van der Waals surface area contributed by atoms with Crippen LogP contribution in [0.25, 0.3) is 10.9 Å². The van der Waals surface area contributed by atoms with Gasteiger partial charge in [-0.1, -0.05) is 18.2 Å². The molecule has 1 atom stereocenters. The molecule has 114 valence electrons. The molecule has 0 radical (unpaired) electrons. The number of hydrogen-bond donors (Lipinski definition) is 1. The van der Waals surface area contributed by atoms with Gasteiger partial charge in [0.05, 0.1) is 17.2 Å². The zero-order chi connectivity index (χ0) is 14.9. The molecule has 1 saturated heterocycles. The number of fused-ring (bicyclic) bond motifs is 2. The first kappa shape index (κ1) is 13.7.